The molecule has 0 aliphatic heterocycles. The van der Waals surface area contributed by atoms with Crippen molar-refractivity contribution >= 4 is 40.0 Å². The minimum atomic E-state index is -0.359. The molecule has 3 heterocycles. The number of aromatic nitrogens is 3. The molecule has 0 saturated heterocycles. The lowest BCUT2D eigenvalue weighted by atomic mass is 9.95. The van der Waals surface area contributed by atoms with E-state index in [-0.39, 0.29) is 17.6 Å². The molecule has 0 unspecified atom stereocenters. The van der Waals surface area contributed by atoms with E-state index < -0.39 is 0 Å². The Hall–Kier alpha value is -2.59. The van der Waals surface area contributed by atoms with E-state index in [4.69, 9.17) is 9.15 Å². The van der Waals surface area contributed by atoms with Crippen molar-refractivity contribution in [3.05, 3.63) is 34.1 Å². The first-order valence-corrected chi connectivity index (χ1v) is 13.1. The summed E-state index contributed by atoms with van der Waals surface area (Å²) in [6.07, 6.45) is 6.48. The van der Waals surface area contributed by atoms with Gasteiger partial charge in [0.1, 0.15) is 10.8 Å². The molecule has 1 aliphatic carbocycles. The molecule has 8 nitrogen and oxygen atoms in total. The van der Waals surface area contributed by atoms with Crippen molar-refractivity contribution in [2.75, 3.05) is 17.7 Å². The average molecular weight is 489 g/mol. The molecule has 4 rings (SSSR count). The first-order chi connectivity index (χ1) is 16.0. The van der Waals surface area contributed by atoms with E-state index in [1.165, 1.54) is 28.0 Å². The topological polar surface area (TPSA) is 99.2 Å². The number of hydrogen-bond acceptors (Lipinski definition) is 8. The van der Waals surface area contributed by atoms with E-state index >= 15 is 0 Å². The van der Waals surface area contributed by atoms with Gasteiger partial charge in [0.2, 0.25) is 5.91 Å². The fourth-order valence-corrected chi connectivity index (χ4v) is 6.06. The molecule has 0 aromatic carbocycles. The normalized spacial score (nSPS) is 13.1. The molecule has 0 saturated carbocycles. The van der Waals surface area contributed by atoms with Gasteiger partial charge in [-0.3, -0.25) is 4.79 Å². The number of thioether (sulfide) groups is 1. The first-order valence-electron chi connectivity index (χ1n) is 11.2. The SMILES string of the molecule is CCCn1c(SCC(=O)Nc2sc3c(c2C(=O)OCC)CCCC3)nnc1-c1ccoc1C. The fourth-order valence-electron chi connectivity index (χ4n) is 4.00. The molecule has 10 heteroatoms. The maximum absolute atomic E-state index is 12.8. The van der Waals surface area contributed by atoms with E-state index in [0.717, 1.165) is 61.4 Å². The van der Waals surface area contributed by atoms with Crippen molar-refractivity contribution in [1.29, 1.82) is 0 Å². The molecule has 0 atom stereocenters. The number of thiophene rings is 1. The number of carbonyl (C=O) groups excluding carboxylic acids is 2. The second-order valence-electron chi connectivity index (χ2n) is 7.82. The van der Waals surface area contributed by atoms with Crippen LogP contribution in [0.5, 0.6) is 0 Å². The Balaban J connectivity index is 1.49. The van der Waals surface area contributed by atoms with Gasteiger partial charge in [0.15, 0.2) is 11.0 Å². The highest BCUT2D eigenvalue weighted by atomic mass is 32.2. The third kappa shape index (κ3) is 5.01. The van der Waals surface area contributed by atoms with E-state index in [1.807, 2.05) is 17.6 Å². The van der Waals surface area contributed by atoms with Crippen LogP contribution in [0.4, 0.5) is 5.00 Å². The maximum Gasteiger partial charge on any atom is 0.341 e. The average Bonchev–Trinajstić information content (AvgIpc) is 3.49. The smallest absolute Gasteiger partial charge is 0.341 e. The highest BCUT2D eigenvalue weighted by Crippen LogP contribution is 2.38. The summed E-state index contributed by atoms with van der Waals surface area (Å²) >= 11 is 2.83. The molecule has 1 N–H and O–H groups in total. The number of aryl methyl sites for hydroxylation is 2. The number of nitrogens with zero attached hydrogens (tertiary/aromatic N) is 3. The second-order valence-corrected chi connectivity index (χ2v) is 9.87. The van der Waals surface area contributed by atoms with Crippen LogP contribution in [0.15, 0.2) is 21.9 Å². The Kier molecular flexibility index (Phi) is 7.54. The lowest BCUT2D eigenvalue weighted by Gasteiger charge is -2.12. The lowest BCUT2D eigenvalue weighted by Crippen LogP contribution is -2.17. The van der Waals surface area contributed by atoms with Crippen molar-refractivity contribution < 1.29 is 18.7 Å². The van der Waals surface area contributed by atoms with Gasteiger partial charge in [-0.15, -0.1) is 21.5 Å². The zero-order chi connectivity index (χ0) is 23.4. The van der Waals surface area contributed by atoms with Gasteiger partial charge in [-0.1, -0.05) is 18.7 Å². The number of furan rings is 1. The second kappa shape index (κ2) is 10.6. The van der Waals surface area contributed by atoms with Crippen LogP contribution < -0.4 is 5.32 Å². The summed E-state index contributed by atoms with van der Waals surface area (Å²) < 4.78 is 12.7. The molecule has 0 spiro atoms. The summed E-state index contributed by atoms with van der Waals surface area (Å²) in [6, 6.07) is 1.88. The molecule has 33 heavy (non-hydrogen) atoms. The predicted octanol–water partition coefficient (Wildman–Crippen LogP) is 5.10. The Morgan fingerprint density at radius 2 is 2.09 bits per heavy atom. The molecule has 0 fully saturated rings. The Labute approximate surface area is 201 Å². The molecule has 176 valence electrons. The molecule has 3 aromatic heterocycles. The van der Waals surface area contributed by atoms with Crippen LogP contribution in [-0.2, 0) is 28.9 Å². The molecular formula is C23H28N4O4S2. The summed E-state index contributed by atoms with van der Waals surface area (Å²) in [4.78, 5) is 26.6. The number of hydrogen-bond donors (Lipinski definition) is 1. The van der Waals surface area contributed by atoms with Crippen molar-refractivity contribution in [1.82, 2.24) is 14.8 Å². The first kappa shape index (κ1) is 23.6. The molecule has 0 radical (unpaired) electrons. The lowest BCUT2D eigenvalue weighted by molar-refractivity contribution is -0.113. The van der Waals surface area contributed by atoms with Gasteiger partial charge in [0.05, 0.1) is 29.7 Å². The van der Waals surface area contributed by atoms with E-state index in [2.05, 4.69) is 22.4 Å². The number of nitrogens with one attached hydrogen (secondary N) is 1. The third-order valence-corrected chi connectivity index (χ3v) is 7.67. The van der Waals surface area contributed by atoms with Crippen LogP contribution in [0.2, 0.25) is 0 Å². The summed E-state index contributed by atoms with van der Waals surface area (Å²) in [5.74, 6) is 1.14. The quantitative estimate of drug-likeness (QED) is 0.330. The zero-order valence-electron chi connectivity index (χ0n) is 19.1. The number of carbonyl (C=O) groups is 2. The van der Waals surface area contributed by atoms with Crippen LogP contribution >= 0.6 is 23.1 Å². The van der Waals surface area contributed by atoms with Crippen LogP contribution in [0.1, 0.15) is 59.7 Å². The summed E-state index contributed by atoms with van der Waals surface area (Å²) in [5.41, 5.74) is 2.47. The van der Waals surface area contributed by atoms with Gasteiger partial charge in [0.25, 0.3) is 0 Å². The monoisotopic (exact) mass is 488 g/mol. The summed E-state index contributed by atoms with van der Waals surface area (Å²) in [7, 11) is 0. The van der Waals surface area contributed by atoms with Crippen LogP contribution in [0.3, 0.4) is 0 Å². The number of esters is 1. The van der Waals surface area contributed by atoms with Gasteiger partial charge in [-0.25, -0.2) is 4.79 Å². The van der Waals surface area contributed by atoms with Gasteiger partial charge >= 0.3 is 5.97 Å². The molecule has 3 aromatic rings. The fraction of sp³-hybridized carbons (Fsp3) is 0.478. The standard InChI is InChI=1S/C23H28N4O4S2/c1-4-11-27-20(15-10-12-31-14(15)3)25-26-23(27)32-13-18(28)24-21-19(22(29)30-5-2)16-8-6-7-9-17(16)33-21/h10,12H,4-9,11,13H2,1-3H3,(H,24,28). The maximum atomic E-state index is 12.8. The zero-order valence-corrected chi connectivity index (χ0v) is 20.7. The number of amides is 1. The van der Waals surface area contributed by atoms with Gasteiger partial charge in [0, 0.05) is 11.4 Å². The molecular weight excluding hydrogens is 460 g/mol. The van der Waals surface area contributed by atoms with E-state index in [0.29, 0.717) is 22.3 Å². The highest BCUT2D eigenvalue weighted by Gasteiger charge is 2.27. The minimum Gasteiger partial charge on any atom is -0.469 e. The largest absolute Gasteiger partial charge is 0.469 e. The summed E-state index contributed by atoms with van der Waals surface area (Å²) in [5, 5.41) is 12.9. The van der Waals surface area contributed by atoms with Gasteiger partial charge in [-0.2, -0.15) is 0 Å². The minimum absolute atomic E-state index is 0.164. The Bertz CT molecular complexity index is 1150. The number of ether oxygens (including phenoxy) is 1. The summed E-state index contributed by atoms with van der Waals surface area (Å²) in [6.45, 7) is 6.81. The van der Waals surface area contributed by atoms with Crippen molar-refractivity contribution in [2.24, 2.45) is 0 Å². The van der Waals surface area contributed by atoms with E-state index in [9.17, 15) is 9.59 Å². The molecule has 0 bridgehead atoms. The third-order valence-electron chi connectivity index (χ3n) is 5.50. The van der Waals surface area contributed by atoms with Crippen molar-refractivity contribution in [3.63, 3.8) is 0 Å². The van der Waals surface area contributed by atoms with Crippen LogP contribution in [-0.4, -0.2) is 39.0 Å². The predicted molar refractivity (Wildman–Crippen MR) is 129 cm³/mol. The van der Waals surface area contributed by atoms with Crippen molar-refractivity contribution in [3.8, 4) is 11.4 Å². The van der Waals surface area contributed by atoms with Gasteiger partial charge in [-0.05, 0) is 57.6 Å². The van der Waals surface area contributed by atoms with Crippen LogP contribution in [0, 0.1) is 6.92 Å². The van der Waals surface area contributed by atoms with E-state index in [1.54, 1.807) is 13.2 Å². The Morgan fingerprint density at radius 3 is 2.82 bits per heavy atom. The molecule has 1 amide bonds. The number of anilines is 1. The van der Waals surface area contributed by atoms with Crippen LogP contribution in [0.25, 0.3) is 11.4 Å². The van der Waals surface area contributed by atoms with Gasteiger partial charge < -0.3 is 19.0 Å². The number of fused-ring (bicyclic) bond motifs is 1. The Morgan fingerprint density at radius 1 is 1.27 bits per heavy atom. The highest BCUT2D eigenvalue weighted by molar-refractivity contribution is 7.99. The number of rotatable bonds is 9. The van der Waals surface area contributed by atoms with Crippen molar-refractivity contribution in [2.45, 2.75) is 64.6 Å². The molecule has 1 aliphatic rings.